The van der Waals surface area contributed by atoms with E-state index < -0.39 is 0 Å². The average Bonchev–Trinajstić information content (AvgIpc) is 2.38. The van der Waals surface area contributed by atoms with E-state index in [1.165, 1.54) is 12.3 Å². The van der Waals surface area contributed by atoms with Gasteiger partial charge in [-0.25, -0.2) is 0 Å². The summed E-state index contributed by atoms with van der Waals surface area (Å²) >= 11 is 3.34. The first-order valence-electron chi connectivity index (χ1n) is 5.79. The van der Waals surface area contributed by atoms with Gasteiger partial charge in [-0.3, -0.25) is 4.79 Å². The monoisotopic (exact) mass is 332 g/mol. The highest BCUT2D eigenvalue weighted by atomic mass is 79.9. The van der Waals surface area contributed by atoms with Gasteiger partial charge in [-0.05, 0) is 17.7 Å². The van der Waals surface area contributed by atoms with Crippen LogP contribution in [-0.2, 0) is 0 Å². The van der Waals surface area contributed by atoms with E-state index in [-0.39, 0.29) is 27.9 Å². The molecule has 0 fully saturated rings. The van der Waals surface area contributed by atoms with Crippen LogP contribution in [0.5, 0.6) is 11.5 Å². The van der Waals surface area contributed by atoms with Crippen LogP contribution in [0.15, 0.2) is 56.3 Å². The Morgan fingerprint density at radius 1 is 1.10 bits per heavy atom. The van der Waals surface area contributed by atoms with Crippen molar-refractivity contribution in [2.45, 2.75) is 0 Å². The summed E-state index contributed by atoms with van der Waals surface area (Å²) in [4.78, 5) is 12.5. The van der Waals surface area contributed by atoms with Gasteiger partial charge in [0.05, 0.1) is 5.56 Å². The zero-order valence-corrected chi connectivity index (χ0v) is 11.7. The molecule has 0 radical (unpaired) electrons. The van der Waals surface area contributed by atoms with Crippen LogP contribution >= 0.6 is 15.9 Å². The van der Waals surface area contributed by atoms with Crippen LogP contribution in [0.4, 0.5) is 0 Å². The molecule has 0 aliphatic carbocycles. The Morgan fingerprint density at radius 2 is 1.90 bits per heavy atom. The van der Waals surface area contributed by atoms with Gasteiger partial charge in [0, 0.05) is 16.6 Å². The van der Waals surface area contributed by atoms with Gasteiger partial charge >= 0.3 is 0 Å². The highest BCUT2D eigenvalue weighted by Gasteiger charge is 2.13. The fourth-order valence-electron chi connectivity index (χ4n) is 2.07. The summed E-state index contributed by atoms with van der Waals surface area (Å²) in [6.45, 7) is 0. The molecule has 4 nitrogen and oxygen atoms in total. The Labute approximate surface area is 122 Å². The zero-order valence-electron chi connectivity index (χ0n) is 10.1. The normalized spacial score (nSPS) is 10.8. The first-order valence-corrected chi connectivity index (χ1v) is 6.59. The molecule has 1 heterocycles. The van der Waals surface area contributed by atoms with Gasteiger partial charge in [0.15, 0.2) is 0 Å². The predicted octanol–water partition coefficient (Wildman–Crippen LogP) is 3.63. The quantitative estimate of drug-likeness (QED) is 0.713. The fourth-order valence-corrected chi connectivity index (χ4v) is 2.47. The van der Waals surface area contributed by atoms with Gasteiger partial charge < -0.3 is 14.6 Å². The molecule has 3 rings (SSSR count). The second-order valence-corrected chi connectivity index (χ2v) is 5.24. The lowest BCUT2D eigenvalue weighted by Crippen LogP contribution is -2.04. The van der Waals surface area contributed by atoms with Gasteiger partial charge in [-0.1, -0.05) is 28.1 Å². The minimum atomic E-state index is -0.346. The topological polar surface area (TPSA) is 70.7 Å². The molecule has 5 heteroatoms. The molecule has 1 aromatic heterocycles. The molecule has 0 spiro atoms. The molecule has 0 atom stereocenters. The van der Waals surface area contributed by atoms with Crippen LogP contribution in [0.2, 0.25) is 0 Å². The second-order valence-electron chi connectivity index (χ2n) is 4.33. The fraction of sp³-hybridized carbons (Fsp3) is 0. The Kier molecular flexibility index (Phi) is 2.99. The van der Waals surface area contributed by atoms with E-state index in [2.05, 4.69) is 15.9 Å². The van der Waals surface area contributed by atoms with Crippen LogP contribution in [0.1, 0.15) is 0 Å². The number of benzene rings is 2. The molecule has 0 amide bonds. The van der Waals surface area contributed by atoms with Crippen LogP contribution < -0.4 is 5.43 Å². The number of rotatable bonds is 1. The van der Waals surface area contributed by atoms with Gasteiger partial charge in [0.1, 0.15) is 28.7 Å². The van der Waals surface area contributed by atoms with Crippen molar-refractivity contribution in [1.29, 1.82) is 0 Å². The van der Waals surface area contributed by atoms with Crippen LogP contribution in [0.25, 0.3) is 22.1 Å². The van der Waals surface area contributed by atoms with Crippen molar-refractivity contribution in [3.8, 4) is 22.6 Å². The molecule has 20 heavy (non-hydrogen) atoms. The molecular formula is C15H9BrO4. The van der Waals surface area contributed by atoms with Crippen molar-refractivity contribution in [1.82, 2.24) is 0 Å². The molecule has 2 aromatic carbocycles. The third-order valence-electron chi connectivity index (χ3n) is 2.98. The molecular weight excluding hydrogens is 324 g/mol. The number of phenolic OH excluding ortho intramolecular Hbond substituents is 2. The number of aromatic hydroxyl groups is 2. The maximum Gasteiger partial charge on any atom is 0.204 e. The smallest absolute Gasteiger partial charge is 0.204 e. The van der Waals surface area contributed by atoms with E-state index in [9.17, 15) is 15.0 Å². The molecule has 100 valence electrons. The Bertz CT molecular complexity index is 867. The first kappa shape index (κ1) is 12.7. The zero-order chi connectivity index (χ0) is 14.3. The summed E-state index contributed by atoms with van der Waals surface area (Å²) in [5, 5.41) is 19.3. The highest BCUT2D eigenvalue weighted by molar-refractivity contribution is 9.10. The first-order chi connectivity index (χ1) is 9.56. The SMILES string of the molecule is O=c1c(-c2cccc(Br)c2)coc2cc(O)cc(O)c12. The molecule has 0 unspecified atom stereocenters. The number of hydrogen-bond donors (Lipinski definition) is 2. The van der Waals surface area contributed by atoms with Crippen molar-refractivity contribution in [3.05, 3.63) is 57.4 Å². The summed E-state index contributed by atoms with van der Waals surface area (Å²) in [7, 11) is 0. The second kappa shape index (κ2) is 4.68. The number of phenols is 2. The summed E-state index contributed by atoms with van der Waals surface area (Å²) < 4.78 is 6.18. The molecule has 0 aliphatic heterocycles. The van der Waals surface area contributed by atoms with E-state index in [4.69, 9.17) is 4.42 Å². The minimum Gasteiger partial charge on any atom is -0.508 e. The van der Waals surface area contributed by atoms with E-state index in [1.807, 2.05) is 6.07 Å². The van der Waals surface area contributed by atoms with Crippen molar-refractivity contribution < 1.29 is 14.6 Å². The largest absolute Gasteiger partial charge is 0.508 e. The average molecular weight is 333 g/mol. The van der Waals surface area contributed by atoms with Gasteiger partial charge in [-0.2, -0.15) is 0 Å². The van der Waals surface area contributed by atoms with Crippen LogP contribution in [0.3, 0.4) is 0 Å². The van der Waals surface area contributed by atoms with Gasteiger partial charge in [-0.15, -0.1) is 0 Å². The third-order valence-corrected chi connectivity index (χ3v) is 3.47. The van der Waals surface area contributed by atoms with Gasteiger partial charge in [0.2, 0.25) is 5.43 Å². The minimum absolute atomic E-state index is 0.0558. The van der Waals surface area contributed by atoms with E-state index in [1.54, 1.807) is 18.2 Å². The highest BCUT2D eigenvalue weighted by Crippen LogP contribution is 2.30. The van der Waals surface area contributed by atoms with E-state index in [0.717, 1.165) is 10.5 Å². The van der Waals surface area contributed by atoms with Crippen LogP contribution in [-0.4, -0.2) is 10.2 Å². The molecule has 2 N–H and O–H groups in total. The third kappa shape index (κ3) is 2.06. The number of halogens is 1. The van der Waals surface area contributed by atoms with Crippen LogP contribution in [0, 0.1) is 0 Å². The lowest BCUT2D eigenvalue weighted by atomic mass is 10.1. The summed E-state index contributed by atoms with van der Waals surface area (Å²) in [6.07, 6.45) is 1.32. The lowest BCUT2D eigenvalue weighted by Gasteiger charge is -2.05. The molecule has 3 aromatic rings. The maximum absolute atomic E-state index is 12.5. The summed E-state index contributed by atoms with van der Waals surface area (Å²) in [5.41, 5.74) is 0.829. The van der Waals surface area contributed by atoms with E-state index in [0.29, 0.717) is 11.1 Å². The number of hydrogen-bond acceptors (Lipinski definition) is 4. The van der Waals surface area contributed by atoms with Crippen molar-refractivity contribution in [2.75, 3.05) is 0 Å². The Morgan fingerprint density at radius 3 is 2.65 bits per heavy atom. The summed E-state index contributed by atoms with van der Waals surface area (Å²) in [6, 6.07) is 9.63. The predicted molar refractivity (Wildman–Crippen MR) is 78.9 cm³/mol. The molecule has 0 saturated carbocycles. The number of fused-ring (bicyclic) bond motifs is 1. The van der Waals surface area contributed by atoms with Crippen molar-refractivity contribution >= 4 is 26.9 Å². The summed E-state index contributed by atoms with van der Waals surface area (Å²) in [5.74, 6) is -0.459. The molecule has 0 saturated heterocycles. The standard InChI is InChI=1S/C15H9BrO4/c16-9-3-1-2-8(4-9)11-7-20-13-6-10(17)5-12(18)14(13)15(11)19/h1-7,17-18H. The Balaban J connectivity index is 2.35. The maximum atomic E-state index is 12.5. The lowest BCUT2D eigenvalue weighted by molar-refractivity contribution is 0.452. The molecule has 0 aliphatic rings. The van der Waals surface area contributed by atoms with Crippen molar-refractivity contribution in [3.63, 3.8) is 0 Å². The van der Waals surface area contributed by atoms with Crippen molar-refractivity contribution in [2.24, 2.45) is 0 Å². The van der Waals surface area contributed by atoms with Gasteiger partial charge in [0.25, 0.3) is 0 Å². The Hall–Kier alpha value is -2.27. The molecule has 0 bridgehead atoms. The van der Waals surface area contributed by atoms with E-state index >= 15 is 0 Å².